The van der Waals surface area contributed by atoms with Crippen LogP contribution in [0, 0.1) is 68.3 Å². The molecule has 0 amide bonds. The standard InChI is InChI=1S/C23H22F2N4/c1-22(2,3)14-5-6-15-16(9-14)20(13-4-7-18(24)19(25)8-13)23(11-27,12-28)21(29)17(15)10-26/h4,6-8,14,16,20H,5,9,29H2,1-3H3/t14-,16+,20-/m0/s1. The molecule has 29 heavy (non-hydrogen) atoms. The molecule has 2 N–H and O–H groups in total. The zero-order valence-corrected chi connectivity index (χ0v) is 16.6. The topological polar surface area (TPSA) is 97.4 Å². The number of allylic oxidation sites excluding steroid dienone is 4. The van der Waals surface area contributed by atoms with Gasteiger partial charge in [-0.05, 0) is 53.4 Å². The Kier molecular flexibility index (Phi) is 4.97. The van der Waals surface area contributed by atoms with E-state index in [-0.39, 0.29) is 28.5 Å². The number of rotatable bonds is 1. The first-order valence-corrected chi connectivity index (χ1v) is 9.49. The summed E-state index contributed by atoms with van der Waals surface area (Å²) in [4.78, 5) is 0. The first-order valence-electron chi connectivity index (χ1n) is 9.49. The number of fused-ring (bicyclic) bond motifs is 1. The summed E-state index contributed by atoms with van der Waals surface area (Å²) in [6.45, 7) is 6.34. The van der Waals surface area contributed by atoms with Gasteiger partial charge in [0.2, 0.25) is 0 Å². The molecule has 6 heteroatoms. The van der Waals surface area contributed by atoms with Crippen molar-refractivity contribution in [1.29, 1.82) is 15.8 Å². The Hall–Kier alpha value is -3.17. The van der Waals surface area contributed by atoms with Gasteiger partial charge in [0.15, 0.2) is 17.0 Å². The summed E-state index contributed by atoms with van der Waals surface area (Å²) < 4.78 is 27.6. The molecule has 0 radical (unpaired) electrons. The molecule has 2 aliphatic rings. The van der Waals surface area contributed by atoms with E-state index < -0.39 is 23.0 Å². The Morgan fingerprint density at radius 3 is 2.28 bits per heavy atom. The van der Waals surface area contributed by atoms with Gasteiger partial charge in [0.25, 0.3) is 0 Å². The molecular weight excluding hydrogens is 370 g/mol. The monoisotopic (exact) mass is 392 g/mol. The van der Waals surface area contributed by atoms with Gasteiger partial charge in [0.05, 0.1) is 23.4 Å². The molecule has 0 aromatic heterocycles. The van der Waals surface area contributed by atoms with E-state index in [1.165, 1.54) is 6.07 Å². The highest BCUT2D eigenvalue weighted by molar-refractivity contribution is 5.59. The average Bonchev–Trinajstić information content (AvgIpc) is 2.68. The molecule has 3 rings (SSSR count). The molecule has 0 bridgehead atoms. The van der Waals surface area contributed by atoms with Crippen molar-refractivity contribution in [2.75, 3.05) is 0 Å². The molecule has 0 spiro atoms. The maximum absolute atomic E-state index is 14.1. The lowest BCUT2D eigenvalue weighted by molar-refractivity contribution is 0.170. The van der Waals surface area contributed by atoms with Crippen LogP contribution in [0.25, 0.3) is 0 Å². The van der Waals surface area contributed by atoms with Gasteiger partial charge in [-0.25, -0.2) is 8.78 Å². The maximum atomic E-state index is 14.1. The van der Waals surface area contributed by atoms with Gasteiger partial charge < -0.3 is 5.73 Å². The van der Waals surface area contributed by atoms with Gasteiger partial charge in [-0.1, -0.05) is 32.9 Å². The van der Waals surface area contributed by atoms with Crippen LogP contribution < -0.4 is 5.73 Å². The van der Waals surface area contributed by atoms with Crippen LogP contribution in [-0.4, -0.2) is 0 Å². The fourth-order valence-corrected chi connectivity index (χ4v) is 4.68. The van der Waals surface area contributed by atoms with Crippen molar-refractivity contribution in [2.45, 2.75) is 39.5 Å². The normalized spacial score (nSPS) is 25.9. The quantitative estimate of drug-likeness (QED) is 0.740. The minimum atomic E-state index is -1.84. The third-order valence-corrected chi connectivity index (χ3v) is 6.40. The second-order valence-corrected chi connectivity index (χ2v) is 8.88. The Morgan fingerprint density at radius 1 is 1.10 bits per heavy atom. The SMILES string of the molecule is CC(C)(C)[C@H]1CC=C2C(C#N)=C(N)C(C#N)(C#N)[C@@H](c3ccc(F)c(F)c3)[C@@H]2C1. The molecule has 3 atom stereocenters. The van der Waals surface area contributed by atoms with Gasteiger partial charge in [0.1, 0.15) is 6.07 Å². The van der Waals surface area contributed by atoms with Crippen molar-refractivity contribution in [1.82, 2.24) is 0 Å². The minimum Gasteiger partial charge on any atom is -0.399 e. The lowest BCUT2D eigenvalue weighted by atomic mass is 9.54. The molecule has 0 saturated carbocycles. The summed E-state index contributed by atoms with van der Waals surface area (Å²) in [5.74, 6) is -2.99. The Balaban J connectivity index is 2.32. The second kappa shape index (κ2) is 7.02. The fourth-order valence-electron chi connectivity index (χ4n) is 4.68. The van der Waals surface area contributed by atoms with Crippen molar-refractivity contribution >= 4 is 0 Å². The van der Waals surface area contributed by atoms with Crippen LogP contribution in [0.15, 0.2) is 41.1 Å². The number of hydrogen-bond donors (Lipinski definition) is 1. The molecule has 0 unspecified atom stereocenters. The van der Waals surface area contributed by atoms with Crippen molar-refractivity contribution in [3.8, 4) is 18.2 Å². The van der Waals surface area contributed by atoms with Gasteiger partial charge in [0, 0.05) is 5.92 Å². The zero-order chi connectivity index (χ0) is 21.6. The molecule has 148 valence electrons. The molecule has 0 fully saturated rings. The summed E-state index contributed by atoms with van der Waals surface area (Å²) in [6.07, 6.45) is 3.31. The maximum Gasteiger partial charge on any atom is 0.191 e. The van der Waals surface area contributed by atoms with Crippen molar-refractivity contribution < 1.29 is 8.78 Å². The molecule has 0 saturated heterocycles. The van der Waals surface area contributed by atoms with E-state index in [4.69, 9.17) is 5.73 Å². The van der Waals surface area contributed by atoms with Gasteiger partial charge >= 0.3 is 0 Å². The van der Waals surface area contributed by atoms with E-state index in [0.717, 1.165) is 18.6 Å². The second-order valence-electron chi connectivity index (χ2n) is 8.88. The highest BCUT2D eigenvalue weighted by Crippen LogP contribution is 2.57. The number of benzene rings is 1. The molecule has 4 nitrogen and oxygen atoms in total. The molecule has 1 aromatic rings. The van der Waals surface area contributed by atoms with E-state index in [9.17, 15) is 24.6 Å². The number of nitriles is 3. The first-order chi connectivity index (χ1) is 13.6. The molecule has 0 aliphatic heterocycles. The summed E-state index contributed by atoms with van der Waals surface area (Å²) in [7, 11) is 0. The van der Waals surface area contributed by atoms with Crippen LogP contribution in [0.4, 0.5) is 8.78 Å². The van der Waals surface area contributed by atoms with Crippen LogP contribution in [0.1, 0.15) is 45.1 Å². The Bertz CT molecular complexity index is 1030. The summed E-state index contributed by atoms with van der Waals surface area (Å²) in [5, 5.41) is 29.8. The lowest BCUT2D eigenvalue weighted by Crippen LogP contribution is -2.44. The molecular formula is C23H22F2N4. The van der Waals surface area contributed by atoms with Crippen LogP contribution in [0.5, 0.6) is 0 Å². The highest BCUT2D eigenvalue weighted by atomic mass is 19.2. The van der Waals surface area contributed by atoms with Crippen LogP contribution in [0.2, 0.25) is 0 Å². The molecule has 1 aromatic carbocycles. The summed E-state index contributed by atoms with van der Waals surface area (Å²) in [5.41, 5.74) is 5.41. The van der Waals surface area contributed by atoms with E-state index in [1.807, 2.05) is 18.2 Å². The van der Waals surface area contributed by atoms with E-state index >= 15 is 0 Å². The van der Waals surface area contributed by atoms with Gasteiger partial charge in [-0.15, -0.1) is 0 Å². The minimum absolute atomic E-state index is 0.0396. The largest absolute Gasteiger partial charge is 0.399 e. The van der Waals surface area contributed by atoms with Gasteiger partial charge in [-0.3, -0.25) is 0 Å². The van der Waals surface area contributed by atoms with E-state index in [2.05, 4.69) is 26.8 Å². The van der Waals surface area contributed by atoms with Crippen molar-refractivity contribution in [3.63, 3.8) is 0 Å². The predicted octanol–water partition coefficient (Wildman–Crippen LogP) is 4.83. The smallest absolute Gasteiger partial charge is 0.191 e. The molecule has 2 aliphatic carbocycles. The Labute approximate surface area is 169 Å². The molecule has 0 heterocycles. The third kappa shape index (κ3) is 3.08. The average molecular weight is 392 g/mol. The number of hydrogen-bond acceptors (Lipinski definition) is 4. The van der Waals surface area contributed by atoms with Crippen molar-refractivity contribution in [3.05, 3.63) is 58.3 Å². The highest BCUT2D eigenvalue weighted by Gasteiger charge is 2.55. The third-order valence-electron chi connectivity index (χ3n) is 6.40. The van der Waals surface area contributed by atoms with Crippen LogP contribution in [-0.2, 0) is 0 Å². The predicted molar refractivity (Wildman–Crippen MR) is 103 cm³/mol. The van der Waals surface area contributed by atoms with Crippen LogP contribution >= 0.6 is 0 Å². The number of halogens is 2. The first kappa shape index (κ1) is 20.6. The van der Waals surface area contributed by atoms with Gasteiger partial charge in [-0.2, -0.15) is 15.8 Å². The summed E-state index contributed by atoms with van der Waals surface area (Å²) >= 11 is 0. The summed E-state index contributed by atoms with van der Waals surface area (Å²) in [6, 6.07) is 9.53. The Morgan fingerprint density at radius 2 is 1.76 bits per heavy atom. The van der Waals surface area contributed by atoms with E-state index in [1.54, 1.807) is 0 Å². The fraction of sp³-hybridized carbons (Fsp3) is 0.435. The van der Waals surface area contributed by atoms with E-state index in [0.29, 0.717) is 17.6 Å². The van der Waals surface area contributed by atoms with Crippen LogP contribution in [0.3, 0.4) is 0 Å². The zero-order valence-electron chi connectivity index (χ0n) is 16.6. The number of nitrogens with two attached hydrogens (primary N) is 1. The number of nitrogens with zero attached hydrogens (tertiary/aromatic N) is 3. The van der Waals surface area contributed by atoms with Crippen molar-refractivity contribution in [2.24, 2.45) is 28.4 Å². The lowest BCUT2D eigenvalue weighted by Gasteiger charge is -2.47.